The predicted molar refractivity (Wildman–Crippen MR) is 63.7 cm³/mol. The molecule has 0 aromatic heterocycles. The van der Waals surface area contributed by atoms with Crippen LogP contribution in [0.25, 0.3) is 0 Å². The summed E-state index contributed by atoms with van der Waals surface area (Å²) in [4.78, 5) is 7.70. The van der Waals surface area contributed by atoms with Crippen molar-refractivity contribution in [3.63, 3.8) is 0 Å². The van der Waals surface area contributed by atoms with Crippen molar-refractivity contribution in [3.8, 4) is 0 Å². The van der Waals surface area contributed by atoms with Crippen LogP contribution in [0.4, 0.5) is 5.69 Å². The second-order valence-corrected chi connectivity index (χ2v) is 3.41. The molecule has 0 amide bonds. The Labute approximate surface area is 92.2 Å². The van der Waals surface area contributed by atoms with Crippen LogP contribution in [-0.4, -0.2) is 31.9 Å². The molecule has 1 aromatic rings. The summed E-state index contributed by atoms with van der Waals surface area (Å²) in [5.74, 6) is 0. The molecule has 0 aliphatic rings. The van der Waals surface area contributed by atoms with Crippen molar-refractivity contribution in [2.24, 2.45) is 0 Å². The van der Waals surface area contributed by atoms with Crippen LogP contribution in [0.1, 0.15) is 13.8 Å². The minimum atomic E-state index is 0.589. The van der Waals surface area contributed by atoms with Crippen molar-refractivity contribution < 1.29 is 4.84 Å². The van der Waals surface area contributed by atoms with Gasteiger partial charge in [0.1, 0.15) is 6.73 Å². The average molecular weight is 208 g/mol. The standard InChI is InChI=1S/C12H20N2O/c1-4-14(5-2)15-11-13(3)12-9-7-6-8-10-12/h6-10H,4-5,11H2,1-3H3. The first-order valence-corrected chi connectivity index (χ1v) is 5.42. The van der Waals surface area contributed by atoms with Gasteiger partial charge < -0.3 is 4.90 Å². The first-order chi connectivity index (χ1) is 7.27. The highest BCUT2D eigenvalue weighted by Crippen LogP contribution is 2.10. The van der Waals surface area contributed by atoms with Crippen LogP contribution in [0.5, 0.6) is 0 Å². The van der Waals surface area contributed by atoms with Gasteiger partial charge in [-0.2, -0.15) is 5.06 Å². The molecule has 0 aliphatic carbocycles. The maximum absolute atomic E-state index is 5.62. The van der Waals surface area contributed by atoms with E-state index in [4.69, 9.17) is 4.84 Å². The Kier molecular flexibility index (Phi) is 5.15. The fourth-order valence-corrected chi connectivity index (χ4v) is 1.33. The van der Waals surface area contributed by atoms with E-state index in [0.29, 0.717) is 6.73 Å². The van der Waals surface area contributed by atoms with Gasteiger partial charge in [-0.15, -0.1) is 0 Å². The molecule has 0 unspecified atom stereocenters. The first-order valence-electron chi connectivity index (χ1n) is 5.42. The third kappa shape index (κ3) is 3.90. The lowest BCUT2D eigenvalue weighted by Crippen LogP contribution is -2.30. The van der Waals surface area contributed by atoms with Crippen molar-refractivity contribution in [3.05, 3.63) is 30.3 Å². The molecule has 1 aromatic carbocycles. The summed E-state index contributed by atoms with van der Waals surface area (Å²) in [5.41, 5.74) is 1.17. The van der Waals surface area contributed by atoms with Crippen LogP contribution in [0, 0.1) is 0 Å². The first kappa shape index (κ1) is 12.0. The van der Waals surface area contributed by atoms with Gasteiger partial charge in [-0.25, -0.2) is 0 Å². The zero-order valence-electron chi connectivity index (χ0n) is 9.81. The Morgan fingerprint density at radius 1 is 1.07 bits per heavy atom. The number of anilines is 1. The van der Waals surface area contributed by atoms with Crippen molar-refractivity contribution in [2.45, 2.75) is 13.8 Å². The van der Waals surface area contributed by atoms with Crippen molar-refractivity contribution in [1.82, 2.24) is 5.06 Å². The van der Waals surface area contributed by atoms with Gasteiger partial charge in [-0.05, 0) is 12.1 Å². The smallest absolute Gasteiger partial charge is 0.140 e. The Morgan fingerprint density at radius 3 is 2.20 bits per heavy atom. The van der Waals surface area contributed by atoms with Gasteiger partial charge in [-0.3, -0.25) is 4.84 Å². The summed E-state index contributed by atoms with van der Waals surface area (Å²) in [6, 6.07) is 10.2. The van der Waals surface area contributed by atoms with Gasteiger partial charge in [0.15, 0.2) is 0 Å². The number of hydrogen-bond donors (Lipinski definition) is 0. The highest BCUT2D eigenvalue weighted by Gasteiger charge is 2.02. The molecule has 0 aliphatic heterocycles. The third-order valence-corrected chi connectivity index (χ3v) is 2.34. The van der Waals surface area contributed by atoms with Crippen LogP contribution < -0.4 is 4.90 Å². The fraction of sp³-hybridized carbons (Fsp3) is 0.500. The molecule has 0 bridgehead atoms. The molecule has 0 saturated heterocycles. The maximum Gasteiger partial charge on any atom is 0.140 e. The molecule has 3 nitrogen and oxygen atoms in total. The van der Waals surface area contributed by atoms with Crippen LogP contribution in [-0.2, 0) is 4.84 Å². The summed E-state index contributed by atoms with van der Waals surface area (Å²) in [5, 5.41) is 1.94. The van der Waals surface area contributed by atoms with E-state index in [1.807, 2.05) is 30.3 Å². The molecule has 0 spiro atoms. The van der Waals surface area contributed by atoms with Gasteiger partial charge in [0.2, 0.25) is 0 Å². The van der Waals surface area contributed by atoms with E-state index >= 15 is 0 Å². The summed E-state index contributed by atoms with van der Waals surface area (Å²) in [7, 11) is 2.03. The fourth-order valence-electron chi connectivity index (χ4n) is 1.33. The molecule has 0 atom stereocenters. The average Bonchev–Trinajstić information content (AvgIpc) is 2.31. The molecule has 15 heavy (non-hydrogen) atoms. The Balaban J connectivity index is 2.39. The van der Waals surface area contributed by atoms with Gasteiger partial charge >= 0.3 is 0 Å². The van der Waals surface area contributed by atoms with E-state index < -0.39 is 0 Å². The van der Waals surface area contributed by atoms with Gasteiger partial charge in [-0.1, -0.05) is 32.0 Å². The lowest BCUT2D eigenvalue weighted by Gasteiger charge is -2.24. The second-order valence-electron chi connectivity index (χ2n) is 3.41. The summed E-state index contributed by atoms with van der Waals surface area (Å²) < 4.78 is 0. The maximum atomic E-state index is 5.62. The van der Waals surface area contributed by atoms with Crippen LogP contribution in [0.3, 0.4) is 0 Å². The topological polar surface area (TPSA) is 15.7 Å². The number of benzene rings is 1. The zero-order valence-corrected chi connectivity index (χ0v) is 9.81. The van der Waals surface area contributed by atoms with Gasteiger partial charge in [0.05, 0.1) is 0 Å². The molecule has 0 radical (unpaired) electrons. The van der Waals surface area contributed by atoms with Crippen LogP contribution in [0.15, 0.2) is 30.3 Å². The minimum Gasteiger partial charge on any atom is -0.350 e. The molecular weight excluding hydrogens is 188 g/mol. The van der Waals surface area contributed by atoms with Gasteiger partial charge in [0, 0.05) is 25.8 Å². The van der Waals surface area contributed by atoms with Crippen LogP contribution in [0.2, 0.25) is 0 Å². The molecule has 84 valence electrons. The quantitative estimate of drug-likeness (QED) is 0.527. The summed E-state index contributed by atoms with van der Waals surface area (Å²) in [6.07, 6.45) is 0. The van der Waals surface area contributed by atoms with Crippen molar-refractivity contribution >= 4 is 5.69 Å². The third-order valence-electron chi connectivity index (χ3n) is 2.34. The lowest BCUT2D eigenvalue weighted by atomic mass is 10.3. The predicted octanol–water partition coefficient (Wildman–Crippen LogP) is 2.35. The molecule has 3 heteroatoms. The van der Waals surface area contributed by atoms with E-state index in [1.54, 1.807) is 0 Å². The highest BCUT2D eigenvalue weighted by atomic mass is 16.7. The molecule has 0 saturated carbocycles. The second kappa shape index (κ2) is 6.43. The van der Waals surface area contributed by atoms with Crippen LogP contribution >= 0.6 is 0 Å². The van der Waals surface area contributed by atoms with E-state index in [1.165, 1.54) is 5.69 Å². The normalized spacial score (nSPS) is 10.7. The Bertz CT molecular complexity index is 260. The number of hydroxylamine groups is 2. The molecular formula is C12H20N2O. The molecule has 0 N–H and O–H groups in total. The van der Waals surface area contributed by atoms with E-state index in [0.717, 1.165) is 13.1 Å². The Hall–Kier alpha value is -1.06. The van der Waals surface area contributed by atoms with E-state index in [2.05, 4.69) is 30.9 Å². The highest BCUT2D eigenvalue weighted by molar-refractivity contribution is 5.44. The van der Waals surface area contributed by atoms with E-state index in [9.17, 15) is 0 Å². The SMILES string of the molecule is CCN(CC)OCN(C)c1ccccc1. The summed E-state index contributed by atoms with van der Waals surface area (Å²) in [6.45, 7) is 6.60. The molecule has 1 rings (SSSR count). The van der Waals surface area contributed by atoms with E-state index in [-0.39, 0.29) is 0 Å². The monoisotopic (exact) mass is 208 g/mol. The Morgan fingerprint density at radius 2 is 1.67 bits per heavy atom. The number of nitrogens with zero attached hydrogens (tertiary/aromatic N) is 2. The number of para-hydroxylation sites is 1. The summed E-state index contributed by atoms with van der Waals surface area (Å²) >= 11 is 0. The zero-order chi connectivity index (χ0) is 11.1. The largest absolute Gasteiger partial charge is 0.350 e. The number of rotatable bonds is 6. The molecule has 0 heterocycles. The minimum absolute atomic E-state index is 0.589. The van der Waals surface area contributed by atoms with Gasteiger partial charge in [0.25, 0.3) is 0 Å². The molecule has 0 fully saturated rings. The number of hydrogen-bond acceptors (Lipinski definition) is 3. The lowest BCUT2D eigenvalue weighted by molar-refractivity contribution is -0.151. The van der Waals surface area contributed by atoms with Crippen molar-refractivity contribution in [1.29, 1.82) is 0 Å². The van der Waals surface area contributed by atoms with Crippen molar-refractivity contribution in [2.75, 3.05) is 31.8 Å².